The van der Waals surface area contributed by atoms with E-state index in [1.165, 1.54) is 5.69 Å². The molecule has 0 amide bonds. The maximum absolute atomic E-state index is 5.88. The highest BCUT2D eigenvalue weighted by atomic mass is 35.5. The number of rotatable bonds is 5. The molecule has 1 aliphatic heterocycles. The van der Waals surface area contributed by atoms with E-state index < -0.39 is 0 Å². The molecule has 1 saturated heterocycles. The van der Waals surface area contributed by atoms with Crippen LogP contribution in [-0.4, -0.2) is 50.6 Å². The average Bonchev–Trinajstić information content (AvgIpc) is 2.48. The van der Waals surface area contributed by atoms with Crippen LogP contribution < -0.4 is 9.64 Å². The Balaban J connectivity index is 1.85. The Hall–Kier alpha value is -0.930. The van der Waals surface area contributed by atoms with E-state index in [0.717, 1.165) is 44.4 Å². The van der Waals surface area contributed by atoms with Gasteiger partial charge in [0.15, 0.2) is 0 Å². The minimum Gasteiger partial charge on any atom is -0.497 e. The Morgan fingerprint density at radius 3 is 2.32 bits per heavy atom. The van der Waals surface area contributed by atoms with Crippen LogP contribution in [0, 0.1) is 5.92 Å². The van der Waals surface area contributed by atoms with Gasteiger partial charge in [0.2, 0.25) is 0 Å². The summed E-state index contributed by atoms with van der Waals surface area (Å²) < 4.78 is 5.19. The molecule has 2 rings (SSSR count). The van der Waals surface area contributed by atoms with E-state index in [4.69, 9.17) is 16.3 Å². The van der Waals surface area contributed by atoms with Crippen molar-refractivity contribution in [2.75, 3.05) is 50.6 Å². The van der Waals surface area contributed by atoms with Crippen molar-refractivity contribution in [2.45, 2.75) is 6.92 Å². The van der Waals surface area contributed by atoms with Crippen molar-refractivity contribution in [1.29, 1.82) is 0 Å². The molecule has 1 unspecified atom stereocenters. The van der Waals surface area contributed by atoms with Crippen LogP contribution in [0.5, 0.6) is 5.75 Å². The van der Waals surface area contributed by atoms with Gasteiger partial charge in [-0.3, -0.25) is 4.90 Å². The molecule has 0 N–H and O–H groups in total. The molecule has 1 atom stereocenters. The summed E-state index contributed by atoms with van der Waals surface area (Å²) in [6.45, 7) is 7.73. The number of halogens is 1. The lowest BCUT2D eigenvalue weighted by atomic mass is 10.1. The molecule has 0 aliphatic carbocycles. The molecule has 1 heterocycles. The first-order valence-electron chi connectivity index (χ1n) is 6.90. The standard InChI is InChI=1S/C15H23ClN2O/c1-13(11-16)12-17-7-9-18(10-8-17)14-3-5-15(19-2)6-4-14/h3-6,13H,7-12H2,1-2H3. The number of ether oxygens (including phenoxy) is 1. The molecule has 3 nitrogen and oxygen atoms in total. The molecule has 1 aromatic rings. The molecule has 19 heavy (non-hydrogen) atoms. The third-order valence-corrected chi connectivity index (χ3v) is 4.17. The van der Waals surface area contributed by atoms with Crippen LogP contribution in [-0.2, 0) is 0 Å². The third-order valence-electron chi connectivity index (χ3n) is 3.64. The molecule has 106 valence electrons. The number of hydrogen-bond donors (Lipinski definition) is 0. The van der Waals surface area contributed by atoms with Gasteiger partial charge in [-0.05, 0) is 30.2 Å². The van der Waals surface area contributed by atoms with Gasteiger partial charge in [-0.15, -0.1) is 11.6 Å². The summed E-state index contributed by atoms with van der Waals surface area (Å²) in [5, 5.41) is 0. The van der Waals surface area contributed by atoms with Gasteiger partial charge in [-0.25, -0.2) is 0 Å². The first kappa shape index (κ1) is 14.5. The maximum atomic E-state index is 5.88. The summed E-state index contributed by atoms with van der Waals surface area (Å²) in [5.74, 6) is 2.24. The van der Waals surface area contributed by atoms with Gasteiger partial charge < -0.3 is 9.64 Å². The quantitative estimate of drug-likeness (QED) is 0.773. The lowest BCUT2D eigenvalue weighted by Crippen LogP contribution is -2.47. The number of hydrogen-bond acceptors (Lipinski definition) is 3. The highest BCUT2D eigenvalue weighted by molar-refractivity contribution is 6.18. The van der Waals surface area contributed by atoms with E-state index in [1.54, 1.807) is 7.11 Å². The zero-order chi connectivity index (χ0) is 13.7. The Morgan fingerprint density at radius 1 is 1.16 bits per heavy atom. The van der Waals surface area contributed by atoms with E-state index in [-0.39, 0.29) is 0 Å². The predicted molar refractivity (Wildman–Crippen MR) is 81.5 cm³/mol. The van der Waals surface area contributed by atoms with Gasteiger partial charge in [-0.1, -0.05) is 6.92 Å². The predicted octanol–water partition coefficient (Wildman–Crippen LogP) is 2.69. The van der Waals surface area contributed by atoms with Gasteiger partial charge in [-0.2, -0.15) is 0 Å². The molecule has 0 aromatic heterocycles. The molecule has 0 radical (unpaired) electrons. The number of methoxy groups -OCH3 is 1. The molecule has 1 aliphatic rings. The number of alkyl halides is 1. The highest BCUT2D eigenvalue weighted by Crippen LogP contribution is 2.20. The van der Waals surface area contributed by atoms with Gasteiger partial charge in [0.1, 0.15) is 5.75 Å². The minimum atomic E-state index is 0.578. The van der Waals surface area contributed by atoms with Crippen LogP contribution in [0.15, 0.2) is 24.3 Å². The van der Waals surface area contributed by atoms with Gasteiger partial charge in [0, 0.05) is 44.3 Å². The Kier molecular flexibility index (Phi) is 5.34. The van der Waals surface area contributed by atoms with Gasteiger partial charge in [0.25, 0.3) is 0 Å². The minimum absolute atomic E-state index is 0.578. The zero-order valence-corrected chi connectivity index (χ0v) is 12.6. The second-order valence-electron chi connectivity index (χ2n) is 5.25. The lowest BCUT2D eigenvalue weighted by molar-refractivity contribution is 0.232. The van der Waals surface area contributed by atoms with Crippen molar-refractivity contribution in [3.8, 4) is 5.75 Å². The smallest absolute Gasteiger partial charge is 0.119 e. The van der Waals surface area contributed by atoms with Crippen molar-refractivity contribution in [3.05, 3.63) is 24.3 Å². The van der Waals surface area contributed by atoms with Crippen LogP contribution in [0.2, 0.25) is 0 Å². The SMILES string of the molecule is COc1ccc(N2CCN(CC(C)CCl)CC2)cc1. The van der Waals surface area contributed by atoms with Crippen molar-refractivity contribution >= 4 is 17.3 Å². The van der Waals surface area contributed by atoms with E-state index in [9.17, 15) is 0 Å². The van der Waals surface area contributed by atoms with Crippen molar-refractivity contribution in [1.82, 2.24) is 4.90 Å². The lowest BCUT2D eigenvalue weighted by Gasteiger charge is -2.37. The summed E-state index contributed by atoms with van der Waals surface area (Å²) in [7, 11) is 1.70. The largest absolute Gasteiger partial charge is 0.497 e. The van der Waals surface area contributed by atoms with Gasteiger partial charge in [0.05, 0.1) is 7.11 Å². The van der Waals surface area contributed by atoms with Crippen molar-refractivity contribution in [3.63, 3.8) is 0 Å². The number of piperazine rings is 1. The molecular formula is C15H23ClN2O. The molecule has 0 bridgehead atoms. The fourth-order valence-corrected chi connectivity index (χ4v) is 2.57. The van der Waals surface area contributed by atoms with Crippen LogP contribution >= 0.6 is 11.6 Å². The van der Waals surface area contributed by atoms with Gasteiger partial charge >= 0.3 is 0 Å². The topological polar surface area (TPSA) is 15.7 Å². The first-order valence-corrected chi connectivity index (χ1v) is 7.43. The highest BCUT2D eigenvalue weighted by Gasteiger charge is 2.18. The molecule has 0 spiro atoms. The van der Waals surface area contributed by atoms with E-state index >= 15 is 0 Å². The van der Waals surface area contributed by atoms with Crippen molar-refractivity contribution in [2.24, 2.45) is 5.92 Å². The molecule has 0 saturated carbocycles. The zero-order valence-electron chi connectivity index (χ0n) is 11.8. The van der Waals surface area contributed by atoms with Crippen molar-refractivity contribution < 1.29 is 4.74 Å². The second kappa shape index (κ2) is 7.01. The Morgan fingerprint density at radius 2 is 1.79 bits per heavy atom. The fraction of sp³-hybridized carbons (Fsp3) is 0.600. The van der Waals surface area contributed by atoms with Crippen LogP contribution in [0.3, 0.4) is 0 Å². The second-order valence-corrected chi connectivity index (χ2v) is 5.55. The van der Waals surface area contributed by atoms with E-state index in [1.807, 2.05) is 12.1 Å². The first-order chi connectivity index (χ1) is 9.22. The van der Waals surface area contributed by atoms with E-state index in [2.05, 4.69) is 28.9 Å². The van der Waals surface area contributed by atoms with Crippen LogP contribution in [0.1, 0.15) is 6.92 Å². The molecule has 1 fully saturated rings. The molecular weight excluding hydrogens is 260 g/mol. The summed E-state index contributed by atoms with van der Waals surface area (Å²) in [6.07, 6.45) is 0. The molecule has 1 aromatic carbocycles. The summed E-state index contributed by atoms with van der Waals surface area (Å²) >= 11 is 5.88. The number of anilines is 1. The summed E-state index contributed by atoms with van der Waals surface area (Å²) in [5.41, 5.74) is 1.28. The van der Waals surface area contributed by atoms with Crippen LogP contribution in [0.4, 0.5) is 5.69 Å². The summed E-state index contributed by atoms with van der Waals surface area (Å²) in [6, 6.07) is 8.32. The average molecular weight is 283 g/mol. The van der Waals surface area contributed by atoms with E-state index in [0.29, 0.717) is 5.92 Å². The van der Waals surface area contributed by atoms with Crippen LogP contribution in [0.25, 0.3) is 0 Å². The monoisotopic (exact) mass is 282 g/mol. The fourth-order valence-electron chi connectivity index (χ4n) is 2.47. The number of benzene rings is 1. The summed E-state index contributed by atoms with van der Waals surface area (Å²) in [4.78, 5) is 4.94. The Bertz CT molecular complexity index is 374. The number of nitrogens with zero attached hydrogens (tertiary/aromatic N) is 2. The Labute approximate surface area is 121 Å². The third kappa shape index (κ3) is 4.02. The molecule has 4 heteroatoms. The maximum Gasteiger partial charge on any atom is 0.119 e. The normalized spacial score (nSPS) is 18.4.